The average Bonchev–Trinajstić information content (AvgIpc) is 2.98. The normalized spacial score (nSPS) is 11.3. The number of ether oxygens (including phenoxy) is 2. The van der Waals surface area contributed by atoms with E-state index in [9.17, 15) is 13.2 Å². The molecule has 0 aliphatic rings. The number of aryl methyl sites for hydroxylation is 2. The fourth-order valence-electron chi connectivity index (χ4n) is 4.22. The maximum Gasteiger partial charge on any atom is 0.264 e. The van der Waals surface area contributed by atoms with E-state index in [1.54, 1.807) is 54.6 Å². The molecule has 8 nitrogen and oxygen atoms in total. The van der Waals surface area contributed by atoms with Gasteiger partial charge in [0.2, 0.25) is 0 Å². The lowest BCUT2D eigenvalue weighted by atomic mass is 10.1. The third kappa shape index (κ3) is 7.55. The lowest BCUT2D eigenvalue weighted by molar-refractivity contribution is -0.119. The van der Waals surface area contributed by atoms with Crippen molar-refractivity contribution in [3.8, 4) is 11.5 Å². The summed E-state index contributed by atoms with van der Waals surface area (Å²) in [6.07, 6.45) is 1.47. The summed E-state index contributed by atoms with van der Waals surface area (Å²) in [7, 11) is -4.03. The van der Waals surface area contributed by atoms with Gasteiger partial charge in [0.15, 0.2) is 11.5 Å². The van der Waals surface area contributed by atoms with Gasteiger partial charge in [0.1, 0.15) is 13.2 Å². The van der Waals surface area contributed by atoms with Gasteiger partial charge in [-0.15, -0.1) is 0 Å². The monoisotopic (exact) mass is 585 g/mol. The van der Waals surface area contributed by atoms with Gasteiger partial charge in [-0.05, 0) is 86.3 Å². The van der Waals surface area contributed by atoms with Gasteiger partial charge in [-0.1, -0.05) is 60.2 Å². The summed E-state index contributed by atoms with van der Waals surface area (Å²) in [4.78, 5) is 13.1. The molecule has 0 bridgehead atoms. The lowest BCUT2D eigenvalue weighted by Crippen LogP contribution is -2.40. The minimum Gasteiger partial charge on any atom is -0.490 e. The van der Waals surface area contributed by atoms with E-state index in [1.807, 2.05) is 64.1 Å². The smallest absolute Gasteiger partial charge is 0.264 e. The van der Waals surface area contributed by atoms with E-state index in [2.05, 4.69) is 10.5 Å². The zero-order valence-electron chi connectivity index (χ0n) is 24.2. The molecule has 218 valence electrons. The van der Waals surface area contributed by atoms with E-state index in [0.717, 1.165) is 26.6 Å². The summed E-state index contributed by atoms with van der Waals surface area (Å²) in [5, 5.41) is 4.08. The Kier molecular flexibility index (Phi) is 9.98. The van der Waals surface area contributed by atoms with E-state index in [4.69, 9.17) is 9.47 Å². The molecule has 0 atom stereocenters. The van der Waals surface area contributed by atoms with Crippen LogP contribution in [-0.4, -0.2) is 33.7 Å². The molecule has 0 heterocycles. The molecular weight excluding hydrogens is 550 g/mol. The van der Waals surface area contributed by atoms with Crippen LogP contribution in [0.3, 0.4) is 0 Å². The summed E-state index contributed by atoms with van der Waals surface area (Å²) >= 11 is 0. The van der Waals surface area contributed by atoms with Gasteiger partial charge < -0.3 is 9.47 Å². The number of nitrogens with one attached hydrogen (secondary N) is 1. The Morgan fingerprint density at radius 2 is 1.62 bits per heavy atom. The van der Waals surface area contributed by atoms with Crippen molar-refractivity contribution < 1.29 is 22.7 Å². The quantitative estimate of drug-likeness (QED) is 0.164. The first-order valence-electron chi connectivity index (χ1n) is 13.6. The number of benzene rings is 4. The molecular formula is C33H35N3O5S. The Hall–Kier alpha value is -4.63. The molecule has 0 aliphatic carbocycles. The van der Waals surface area contributed by atoms with Crippen molar-refractivity contribution in [3.63, 3.8) is 0 Å². The molecule has 9 heteroatoms. The summed E-state index contributed by atoms with van der Waals surface area (Å²) < 4.78 is 40.2. The first-order chi connectivity index (χ1) is 20.2. The van der Waals surface area contributed by atoms with Crippen LogP contribution in [0.25, 0.3) is 0 Å². The van der Waals surface area contributed by atoms with Crippen LogP contribution in [0.2, 0.25) is 0 Å². The highest BCUT2D eigenvalue weighted by molar-refractivity contribution is 7.92. The Balaban J connectivity index is 1.50. The molecule has 0 aromatic heterocycles. The van der Waals surface area contributed by atoms with Crippen LogP contribution in [0.1, 0.15) is 34.7 Å². The molecule has 4 aromatic carbocycles. The average molecular weight is 586 g/mol. The second-order valence-electron chi connectivity index (χ2n) is 9.75. The largest absolute Gasteiger partial charge is 0.490 e. The number of sulfonamides is 1. The van der Waals surface area contributed by atoms with Crippen LogP contribution in [-0.2, 0) is 21.4 Å². The fraction of sp³-hybridized carbons (Fsp3) is 0.212. The molecule has 0 unspecified atom stereocenters. The Morgan fingerprint density at radius 3 is 2.33 bits per heavy atom. The van der Waals surface area contributed by atoms with E-state index < -0.39 is 22.5 Å². The number of hydrogen-bond acceptors (Lipinski definition) is 6. The van der Waals surface area contributed by atoms with E-state index in [-0.39, 0.29) is 4.90 Å². The molecule has 0 saturated carbocycles. The maximum absolute atomic E-state index is 13.7. The van der Waals surface area contributed by atoms with Gasteiger partial charge in [0.25, 0.3) is 15.9 Å². The number of anilines is 1. The van der Waals surface area contributed by atoms with Gasteiger partial charge in [-0.25, -0.2) is 13.8 Å². The molecule has 4 rings (SSSR count). The summed E-state index contributed by atoms with van der Waals surface area (Å²) in [6, 6.07) is 27.1. The third-order valence-corrected chi connectivity index (χ3v) is 8.42. The predicted octanol–water partition coefficient (Wildman–Crippen LogP) is 5.94. The molecule has 0 radical (unpaired) electrons. The highest BCUT2D eigenvalue weighted by Crippen LogP contribution is 2.30. The summed E-state index contributed by atoms with van der Waals surface area (Å²) in [5.41, 5.74) is 7.21. The van der Waals surface area contributed by atoms with Crippen LogP contribution in [0.5, 0.6) is 11.5 Å². The minimum absolute atomic E-state index is 0.100. The van der Waals surface area contributed by atoms with Gasteiger partial charge in [0, 0.05) is 0 Å². The standard InChI is InChI=1S/C33H35N3O5S/c1-5-40-32-20-28(16-19-31(32)41-23-27-11-7-6-8-12-27)21-34-35-33(37)22-36(30-13-9-10-25(3)26(30)4)42(38,39)29-17-14-24(2)15-18-29/h6-21H,5,22-23H2,1-4H3,(H,35,37)/b34-21-. The minimum atomic E-state index is -4.03. The molecule has 1 N–H and O–H groups in total. The SMILES string of the molecule is CCOc1cc(/C=N\NC(=O)CN(c2cccc(C)c2C)S(=O)(=O)c2ccc(C)cc2)ccc1OCc1ccccc1. The number of hydrogen-bond donors (Lipinski definition) is 1. The summed E-state index contributed by atoms with van der Waals surface area (Å²) in [5.74, 6) is 0.553. The van der Waals surface area contributed by atoms with Gasteiger partial charge in [0.05, 0.1) is 23.4 Å². The van der Waals surface area contributed by atoms with Crippen molar-refractivity contribution in [2.45, 2.75) is 39.2 Å². The van der Waals surface area contributed by atoms with Crippen LogP contribution >= 0.6 is 0 Å². The lowest BCUT2D eigenvalue weighted by Gasteiger charge is -2.26. The van der Waals surface area contributed by atoms with Gasteiger partial charge in [-0.3, -0.25) is 9.10 Å². The second kappa shape index (κ2) is 13.8. The zero-order chi connectivity index (χ0) is 30.1. The molecule has 0 aliphatic heterocycles. The molecule has 0 saturated heterocycles. The predicted molar refractivity (Wildman–Crippen MR) is 166 cm³/mol. The number of carbonyl (C=O) groups is 1. The van der Waals surface area contributed by atoms with E-state index in [1.165, 1.54) is 6.21 Å². The number of hydrazone groups is 1. The molecule has 1 amide bonds. The fourth-order valence-corrected chi connectivity index (χ4v) is 5.69. The van der Waals surface area contributed by atoms with Crippen molar-refractivity contribution in [1.29, 1.82) is 0 Å². The number of amides is 1. The van der Waals surface area contributed by atoms with Crippen molar-refractivity contribution in [2.75, 3.05) is 17.5 Å². The second-order valence-corrected chi connectivity index (χ2v) is 11.6. The summed E-state index contributed by atoms with van der Waals surface area (Å²) in [6.45, 7) is 7.89. The van der Waals surface area contributed by atoms with Crippen LogP contribution in [0.4, 0.5) is 5.69 Å². The van der Waals surface area contributed by atoms with Gasteiger partial charge in [-0.2, -0.15) is 5.10 Å². The van der Waals surface area contributed by atoms with Crippen molar-refractivity contribution in [3.05, 3.63) is 119 Å². The van der Waals surface area contributed by atoms with Crippen LogP contribution in [0.15, 0.2) is 101 Å². The van der Waals surface area contributed by atoms with Crippen LogP contribution in [0, 0.1) is 20.8 Å². The first kappa shape index (κ1) is 30.3. The van der Waals surface area contributed by atoms with E-state index >= 15 is 0 Å². The molecule has 0 spiro atoms. The zero-order valence-corrected chi connectivity index (χ0v) is 25.0. The third-order valence-electron chi connectivity index (χ3n) is 6.65. The number of nitrogens with zero attached hydrogens (tertiary/aromatic N) is 2. The highest BCUT2D eigenvalue weighted by atomic mass is 32.2. The van der Waals surface area contributed by atoms with Gasteiger partial charge >= 0.3 is 0 Å². The first-order valence-corrected chi connectivity index (χ1v) is 15.0. The maximum atomic E-state index is 13.7. The Morgan fingerprint density at radius 1 is 0.881 bits per heavy atom. The van der Waals surface area contributed by atoms with E-state index in [0.29, 0.717) is 36.0 Å². The van der Waals surface area contributed by atoms with Crippen LogP contribution < -0.4 is 19.2 Å². The van der Waals surface area contributed by atoms with Crippen molar-refractivity contribution >= 4 is 27.8 Å². The molecule has 4 aromatic rings. The van der Waals surface area contributed by atoms with Crippen molar-refractivity contribution in [1.82, 2.24) is 5.43 Å². The topological polar surface area (TPSA) is 97.3 Å². The number of carbonyl (C=O) groups excluding carboxylic acids is 1. The molecule has 0 fully saturated rings. The molecule has 42 heavy (non-hydrogen) atoms. The Labute approximate surface area is 247 Å². The highest BCUT2D eigenvalue weighted by Gasteiger charge is 2.28. The van der Waals surface area contributed by atoms with Crippen molar-refractivity contribution in [2.24, 2.45) is 5.10 Å². The Bertz CT molecular complexity index is 1650. The number of rotatable bonds is 12.